The summed E-state index contributed by atoms with van der Waals surface area (Å²) in [7, 11) is 0. The summed E-state index contributed by atoms with van der Waals surface area (Å²) in [6.07, 6.45) is 0. The Bertz CT molecular complexity index is 780. The molecule has 0 radical (unpaired) electrons. The number of carbonyl (C=O) groups is 1. The van der Waals surface area contributed by atoms with Crippen molar-refractivity contribution in [3.63, 3.8) is 0 Å². The maximum Gasteiger partial charge on any atom is 0.274 e. The van der Waals surface area contributed by atoms with Crippen LogP contribution in [0.1, 0.15) is 17.4 Å². The van der Waals surface area contributed by atoms with Gasteiger partial charge in [-0.25, -0.2) is 4.39 Å². The van der Waals surface area contributed by atoms with Crippen LogP contribution in [0.2, 0.25) is 0 Å². The number of rotatable bonds is 3. The highest BCUT2D eigenvalue weighted by molar-refractivity contribution is 6.07. The fourth-order valence-corrected chi connectivity index (χ4v) is 2.42. The molecule has 2 aromatic carbocycles. The van der Waals surface area contributed by atoms with Gasteiger partial charge < -0.3 is 9.88 Å². The van der Waals surface area contributed by atoms with Crippen molar-refractivity contribution in [3.05, 3.63) is 66.1 Å². The van der Waals surface area contributed by atoms with Gasteiger partial charge in [-0.3, -0.25) is 4.79 Å². The lowest BCUT2D eigenvalue weighted by Crippen LogP contribution is -2.30. The van der Waals surface area contributed by atoms with Crippen molar-refractivity contribution in [2.75, 3.05) is 11.4 Å². The summed E-state index contributed by atoms with van der Waals surface area (Å²) in [5.74, 6) is -0.434. The molecule has 3 rings (SSSR count). The average Bonchev–Trinajstić information content (AvgIpc) is 2.92. The Kier molecular flexibility index (Phi) is 3.44. The first kappa shape index (κ1) is 13.4. The second-order valence-corrected chi connectivity index (χ2v) is 4.80. The highest BCUT2D eigenvalue weighted by Gasteiger charge is 2.18. The molecule has 0 fully saturated rings. The van der Waals surface area contributed by atoms with E-state index in [9.17, 15) is 9.18 Å². The summed E-state index contributed by atoms with van der Waals surface area (Å²) in [4.78, 5) is 17.4. The minimum Gasteiger partial charge on any atom is -0.351 e. The third-order valence-corrected chi connectivity index (χ3v) is 3.44. The minimum absolute atomic E-state index is 0.125. The molecule has 1 amide bonds. The van der Waals surface area contributed by atoms with Gasteiger partial charge in [-0.15, -0.1) is 0 Å². The molecular weight excluding hydrogens is 267 g/mol. The number of benzene rings is 2. The summed E-state index contributed by atoms with van der Waals surface area (Å²) < 4.78 is 13.2. The quantitative estimate of drug-likeness (QED) is 0.775. The molecule has 106 valence electrons. The predicted octanol–water partition coefficient (Wildman–Crippen LogP) is 3.97. The normalized spacial score (nSPS) is 10.8. The molecule has 3 nitrogen and oxygen atoms in total. The number of aromatic nitrogens is 1. The standard InChI is InChI=1S/C17H15FN2O/c1-2-20(14-6-4-3-5-7-14)17(21)16-11-12-10-13(18)8-9-15(12)19-16/h3-11,19H,2H2,1H3. The Balaban J connectivity index is 1.98. The van der Waals surface area contributed by atoms with E-state index in [2.05, 4.69) is 4.98 Å². The van der Waals surface area contributed by atoms with Gasteiger partial charge in [0.15, 0.2) is 0 Å². The van der Waals surface area contributed by atoms with Crippen molar-refractivity contribution in [2.45, 2.75) is 6.92 Å². The summed E-state index contributed by atoms with van der Waals surface area (Å²) in [5.41, 5.74) is 2.06. The molecule has 0 atom stereocenters. The molecule has 0 unspecified atom stereocenters. The van der Waals surface area contributed by atoms with E-state index < -0.39 is 0 Å². The summed E-state index contributed by atoms with van der Waals surface area (Å²) >= 11 is 0. The van der Waals surface area contributed by atoms with Crippen molar-refractivity contribution in [3.8, 4) is 0 Å². The maximum absolute atomic E-state index is 13.2. The second-order valence-electron chi connectivity index (χ2n) is 4.80. The molecular formula is C17H15FN2O. The number of nitrogens with zero attached hydrogens (tertiary/aromatic N) is 1. The van der Waals surface area contributed by atoms with Crippen molar-refractivity contribution >= 4 is 22.5 Å². The van der Waals surface area contributed by atoms with Crippen LogP contribution in [0.5, 0.6) is 0 Å². The van der Waals surface area contributed by atoms with E-state index in [4.69, 9.17) is 0 Å². The van der Waals surface area contributed by atoms with Crippen LogP contribution in [0.4, 0.5) is 10.1 Å². The predicted molar refractivity (Wildman–Crippen MR) is 82.0 cm³/mol. The monoisotopic (exact) mass is 282 g/mol. The third kappa shape index (κ3) is 2.52. The van der Waals surface area contributed by atoms with Gasteiger partial charge in [-0.05, 0) is 43.3 Å². The number of H-pyrrole nitrogens is 1. The molecule has 0 aliphatic carbocycles. The molecule has 1 N–H and O–H groups in total. The van der Waals surface area contributed by atoms with Gasteiger partial charge in [0, 0.05) is 23.1 Å². The second kappa shape index (κ2) is 5.40. The molecule has 3 aromatic rings. The topological polar surface area (TPSA) is 36.1 Å². The van der Waals surface area contributed by atoms with Crippen LogP contribution in [0.25, 0.3) is 10.9 Å². The Hall–Kier alpha value is -2.62. The van der Waals surface area contributed by atoms with E-state index in [-0.39, 0.29) is 11.7 Å². The van der Waals surface area contributed by atoms with E-state index in [0.29, 0.717) is 17.6 Å². The number of hydrogen-bond acceptors (Lipinski definition) is 1. The molecule has 1 heterocycles. The highest BCUT2D eigenvalue weighted by Crippen LogP contribution is 2.20. The fourth-order valence-electron chi connectivity index (χ4n) is 2.42. The number of aromatic amines is 1. The van der Waals surface area contributed by atoms with Gasteiger partial charge in [0.2, 0.25) is 0 Å². The fraction of sp³-hybridized carbons (Fsp3) is 0.118. The summed E-state index contributed by atoms with van der Waals surface area (Å²) in [5, 5.41) is 0.697. The van der Waals surface area contributed by atoms with Crippen LogP contribution in [0.3, 0.4) is 0 Å². The van der Waals surface area contributed by atoms with Crippen molar-refractivity contribution in [2.24, 2.45) is 0 Å². The van der Waals surface area contributed by atoms with E-state index in [1.54, 1.807) is 17.0 Å². The number of hydrogen-bond donors (Lipinski definition) is 1. The molecule has 4 heteroatoms. The number of anilines is 1. The molecule has 0 aliphatic rings. The Morgan fingerprint density at radius 2 is 1.90 bits per heavy atom. The first-order valence-electron chi connectivity index (χ1n) is 6.84. The molecule has 0 bridgehead atoms. The first-order valence-corrected chi connectivity index (χ1v) is 6.84. The number of carbonyl (C=O) groups excluding carboxylic acids is 1. The van der Waals surface area contributed by atoms with E-state index in [1.807, 2.05) is 37.3 Å². The van der Waals surface area contributed by atoms with E-state index in [0.717, 1.165) is 11.2 Å². The summed E-state index contributed by atoms with van der Waals surface area (Å²) in [6, 6.07) is 15.6. The Labute approximate surface area is 122 Å². The highest BCUT2D eigenvalue weighted by atomic mass is 19.1. The van der Waals surface area contributed by atoms with Crippen LogP contribution in [0, 0.1) is 5.82 Å². The summed E-state index contributed by atoms with van der Waals surface area (Å²) in [6.45, 7) is 2.49. The lowest BCUT2D eigenvalue weighted by atomic mass is 10.2. The SMILES string of the molecule is CCN(C(=O)c1cc2cc(F)ccc2[nH]1)c1ccccc1. The number of fused-ring (bicyclic) bond motifs is 1. The zero-order valence-corrected chi connectivity index (χ0v) is 11.6. The number of halogens is 1. The van der Waals surface area contributed by atoms with Gasteiger partial charge >= 0.3 is 0 Å². The zero-order chi connectivity index (χ0) is 14.8. The van der Waals surface area contributed by atoms with Crippen molar-refractivity contribution in [1.82, 2.24) is 4.98 Å². The number of para-hydroxylation sites is 1. The van der Waals surface area contributed by atoms with Crippen LogP contribution in [-0.4, -0.2) is 17.4 Å². The molecule has 0 saturated heterocycles. The van der Waals surface area contributed by atoms with Gasteiger partial charge in [-0.1, -0.05) is 18.2 Å². The largest absolute Gasteiger partial charge is 0.351 e. The van der Waals surface area contributed by atoms with Crippen LogP contribution >= 0.6 is 0 Å². The lowest BCUT2D eigenvalue weighted by Gasteiger charge is -2.20. The molecule has 0 aliphatic heterocycles. The third-order valence-electron chi connectivity index (χ3n) is 3.44. The lowest BCUT2D eigenvalue weighted by molar-refractivity contribution is 0.0984. The Morgan fingerprint density at radius 3 is 2.62 bits per heavy atom. The molecule has 21 heavy (non-hydrogen) atoms. The van der Waals surface area contributed by atoms with Crippen molar-refractivity contribution in [1.29, 1.82) is 0 Å². The Morgan fingerprint density at radius 1 is 1.14 bits per heavy atom. The van der Waals surface area contributed by atoms with Gasteiger partial charge in [0.1, 0.15) is 11.5 Å². The minimum atomic E-state index is -0.309. The van der Waals surface area contributed by atoms with Gasteiger partial charge in [-0.2, -0.15) is 0 Å². The zero-order valence-electron chi connectivity index (χ0n) is 11.6. The van der Waals surface area contributed by atoms with Gasteiger partial charge in [0.25, 0.3) is 5.91 Å². The number of nitrogens with one attached hydrogen (secondary N) is 1. The smallest absolute Gasteiger partial charge is 0.274 e. The van der Waals surface area contributed by atoms with E-state index in [1.165, 1.54) is 12.1 Å². The number of amides is 1. The van der Waals surface area contributed by atoms with E-state index >= 15 is 0 Å². The van der Waals surface area contributed by atoms with Crippen molar-refractivity contribution < 1.29 is 9.18 Å². The molecule has 0 spiro atoms. The van der Waals surface area contributed by atoms with Crippen LogP contribution < -0.4 is 4.90 Å². The molecule has 0 saturated carbocycles. The maximum atomic E-state index is 13.2. The van der Waals surface area contributed by atoms with Crippen LogP contribution in [-0.2, 0) is 0 Å². The average molecular weight is 282 g/mol. The van der Waals surface area contributed by atoms with Gasteiger partial charge in [0.05, 0.1) is 0 Å². The molecule has 1 aromatic heterocycles. The first-order chi connectivity index (χ1) is 10.2. The van der Waals surface area contributed by atoms with Crippen LogP contribution in [0.15, 0.2) is 54.6 Å².